The summed E-state index contributed by atoms with van der Waals surface area (Å²) in [5.74, 6) is -1.53. The maximum atomic E-state index is 13.8. The largest absolute Gasteiger partial charge is 0.507 e. The van der Waals surface area contributed by atoms with Crippen LogP contribution in [0.15, 0.2) is 65.3 Å². The fourth-order valence-electron chi connectivity index (χ4n) is 6.60. The first kappa shape index (κ1) is 28.3. The van der Waals surface area contributed by atoms with Crippen LogP contribution in [0.5, 0.6) is 5.75 Å². The number of methoxy groups -OCH3 is 1. The van der Waals surface area contributed by atoms with Gasteiger partial charge >= 0.3 is 7.12 Å². The average Bonchev–Trinajstić information content (AvgIpc) is 3.47. The van der Waals surface area contributed by atoms with Crippen molar-refractivity contribution in [2.75, 3.05) is 25.2 Å². The number of imide groups is 1. The number of rotatable bonds is 10. The molecule has 0 radical (unpaired) electrons. The summed E-state index contributed by atoms with van der Waals surface area (Å²) in [5.41, 5.74) is 4.70. The van der Waals surface area contributed by atoms with E-state index in [-0.39, 0.29) is 35.0 Å². The quantitative estimate of drug-likeness (QED) is 0.239. The Morgan fingerprint density at radius 2 is 1.90 bits per heavy atom. The summed E-state index contributed by atoms with van der Waals surface area (Å²) < 4.78 is 11.9. The summed E-state index contributed by atoms with van der Waals surface area (Å²) >= 11 is 0. The van der Waals surface area contributed by atoms with Gasteiger partial charge in [0.25, 0.3) is 0 Å². The molecule has 0 aromatic heterocycles. The van der Waals surface area contributed by atoms with Crippen molar-refractivity contribution in [3.8, 4) is 5.75 Å². The molecule has 0 spiro atoms. The fraction of sp³-hybridized carbons (Fsp3) is 0.419. The lowest BCUT2D eigenvalue weighted by atomic mass is 9.69. The Balaban J connectivity index is 1.40. The van der Waals surface area contributed by atoms with Crippen LogP contribution in [0.2, 0.25) is 0 Å². The molecule has 5 rings (SSSR count). The lowest BCUT2D eigenvalue weighted by Gasteiger charge is -2.31. The maximum absolute atomic E-state index is 13.8. The first-order valence-corrected chi connectivity index (χ1v) is 14.0. The summed E-state index contributed by atoms with van der Waals surface area (Å²) in [7, 11) is -0.0637. The number of hydrogen-bond donors (Lipinski definition) is 3. The van der Waals surface area contributed by atoms with Crippen LogP contribution in [-0.4, -0.2) is 60.5 Å². The zero-order valence-corrected chi connectivity index (χ0v) is 23.0. The van der Waals surface area contributed by atoms with E-state index in [0.29, 0.717) is 25.3 Å². The summed E-state index contributed by atoms with van der Waals surface area (Å²) in [6.45, 7) is 2.87. The van der Waals surface area contributed by atoms with Gasteiger partial charge in [0, 0.05) is 18.6 Å². The van der Waals surface area contributed by atoms with E-state index < -0.39 is 19.0 Å². The molecular weight excluding hydrogens is 509 g/mol. The Morgan fingerprint density at radius 1 is 1.10 bits per heavy atom. The van der Waals surface area contributed by atoms with Gasteiger partial charge in [0.15, 0.2) is 0 Å². The molecule has 0 bridgehead atoms. The van der Waals surface area contributed by atoms with E-state index in [0.717, 1.165) is 42.4 Å². The third-order valence-electron chi connectivity index (χ3n) is 8.35. The van der Waals surface area contributed by atoms with Crippen LogP contribution in [0.4, 0.5) is 5.69 Å². The Bertz CT molecular complexity index is 1340. The van der Waals surface area contributed by atoms with Crippen molar-refractivity contribution in [1.82, 2.24) is 0 Å². The second-order valence-electron chi connectivity index (χ2n) is 10.9. The predicted octanol–water partition coefficient (Wildman–Crippen LogP) is 3.20. The van der Waals surface area contributed by atoms with Gasteiger partial charge in [0.1, 0.15) is 5.75 Å². The van der Waals surface area contributed by atoms with Crippen molar-refractivity contribution < 1.29 is 34.2 Å². The van der Waals surface area contributed by atoms with Gasteiger partial charge in [-0.2, -0.15) is 0 Å². The first-order valence-electron chi connectivity index (χ1n) is 14.0. The highest BCUT2D eigenvalue weighted by Gasteiger charge is 2.57. The van der Waals surface area contributed by atoms with Gasteiger partial charge in [-0.05, 0) is 60.5 Å². The van der Waals surface area contributed by atoms with Gasteiger partial charge in [-0.25, -0.2) is 0 Å². The number of ether oxygens (including phenoxy) is 2. The van der Waals surface area contributed by atoms with Gasteiger partial charge in [-0.1, -0.05) is 55.3 Å². The molecule has 2 aliphatic heterocycles. The van der Waals surface area contributed by atoms with Crippen molar-refractivity contribution in [2.45, 2.75) is 45.1 Å². The Hall–Kier alpha value is -3.24. The fourth-order valence-corrected chi connectivity index (χ4v) is 6.60. The molecule has 1 aliphatic carbocycles. The van der Waals surface area contributed by atoms with Crippen molar-refractivity contribution in [1.29, 1.82) is 0 Å². The molecule has 40 heavy (non-hydrogen) atoms. The average molecular weight is 545 g/mol. The molecule has 3 N–H and O–H groups in total. The van der Waals surface area contributed by atoms with Gasteiger partial charge in [0.2, 0.25) is 11.8 Å². The van der Waals surface area contributed by atoms with Gasteiger partial charge < -0.3 is 24.6 Å². The van der Waals surface area contributed by atoms with Gasteiger partial charge in [-0.3, -0.25) is 14.5 Å². The smallest absolute Gasteiger partial charge is 0.488 e. The van der Waals surface area contributed by atoms with E-state index in [1.807, 2.05) is 18.2 Å². The van der Waals surface area contributed by atoms with Crippen molar-refractivity contribution in [3.63, 3.8) is 0 Å². The minimum atomic E-state index is -1.70. The lowest BCUT2D eigenvalue weighted by Crippen LogP contribution is -2.36. The lowest BCUT2D eigenvalue weighted by molar-refractivity contribution is -0.122. The van der Waals surface area contributed by atoms with Crippen LogP contribution in [0.3, 0.4) is 0 Å². The zero-order valence-electron chi connectivity index (χ0n) is 23.0. The monoisotopic (exact) mass is 545 g/mol. The Kier molecular flexibility index (Phi) is 8.56. The summed E-state index contributed by atoms with van der Waals surface area (Å²) in [6, 6.07) is 13.6. The number of para-hydroxylation sites is 1. The molecule has 8 nitrogen and oxygen atoms in total. The second-order valence-corrected chi connectivity index (χ2v) is 10.9. The molecule has 9 heteroatoms. The summed E-state index contributed by atoms with van der Waals surface area (Å²) in [6.07, 6.45) is 5.72. The number of allylic oxidation sites excluding steroid dienone is 1. The number of anilines is 1. The topological polar surface area (TPSA) is 117 Å². The van der Waals surface area contributed by atoms with Crippen LogP contribution in [-0.2, 0) is 19.1 Å². The third-order valence-corrected chi connectivity index (χ3v) is 8.35. The molecule has 2 heterocycles. The third kappa shape index (κ3) is 5.39. The van der Waals surface area contributed by atoms with Crippen LogP contribution in [0.25, 0.3) is 6.08 Å². The minimum Gasteiger partial charge on any atom is -0.507 e. The van der Waals surface area contributed by atoms with E-state index in [9.17, 15) is 24.7 Å². The molecule has 2 aromatic rings. The number of phenols is 1. The summed E-state index contributed by atoms with van der Waals surface area (Å²) in [5, 5.41) is 29.5. The number of hydrogen-bond acceptors (Lipinski definition) is 7. The van der Waals surface area contributed by atoms with E-state index in [1.54, 1.807) is 31.4 Å². The number of carbonyl (C=O) groups excluding carboxylic acids is 2. The highest BCUT2D eigenvalue weighted by molar-refractivity contribution is 6.58. The van der Waals surface area contributed by atoms with Crippen LogP contribution in [0, 0.1) is 17.8 Å². The normalized spacial score (nSPS) is 24.5. The van der Waals surface area contributed by atoms with Crippen molar-refractivity contribution in [3.05, 3.63) is 70.8 Å². The number of amides is 2. The number of aromatic hydroxyl groups is 1. The number of carbonyl (C=O) groups is 2. The van der Waals surface area contributed by atoms with Crippen LogP contribution >= 0.6 is 0 Å². The van der Waals surface area contributed by atoms with E-state index >= 15 is 0 Å². The number of phenolic OH excluding ortho intramolecular Hbond substituents is 1. The Morgan fingerprint density at radius 3 is 2.62 bits per heavy atom. The Labute approximate surface area is 235 Å². The van der Waals surface area contributed by atoms with E-state index in [4.69, 9.17) is 9.47 Å². The molecule has 4 atom stereocenters. The van der Waals surface area contributed by atoms with E-state index in [1.165, 1.54) is 16.5 Å². The maximum Gasteiger partial charge on any atom is 0.488 e. The molecule has 2 amide bonds. The van der Waals surface area contributed by atoms with E-state index in [2.05, 4.69) is 13.0 Å². The summed E-state index contributed by atoms with van der Waals surface area (Å²) in [4.78, 5) is 28.6. The minimum absolute atomic E-state index is 0.175. The molecule has 3 aliphatic rings. The van der Waals surface area contributed by atoms with Crippen molar-refractivity contribution in [2.24, 2.45) is 17.8 Å². The van der Waals surface area contributed by atoms with Crippen LogP contribution in [0.1, 0.15) is 44.6 Å². The van der Waals surface area contributed by atoms with Crippen molar-refractivity contribution >= 4 is 36.2 Å². The number of benzene rings is 2. The molecule has 0 saturated carbocycles. The highest BCUT2D eigenvalue weighted by atomic mass is 16.5. The SMILES string of the molecule is CCC/C(=C\c1ccccc1O)CC[C@H]1OC[C@H]2C1=C(COC)C[C@H]1C(=O)N(c3cccc(B(O)O)c3)C(=O)[C@H]12. The molecular formula is C31H36BNO7. The highest BCUT2D eigenvalue weighted by Crippen LogP contribution is 2.50. The molecule has 210 valence electrons. The standard InChI is InChI=1S/C31H36BNO7/c1-3-7-19(14-20-8-4-5-11-26(20)34)12-13-27-28-21(17-39-2)15-24-29(25(28)18-40-27)31(36)33(30(24)35)23-10-6-9-22(16-23)32(37)38/h4-6,8-11,14,16,24-25,27,29,34,37-38H,3,7,12-13,15,17-18H2,1-2H3/b19-14+/t24-,25+,27-,29-/m1/s1. The first-order chi connectivity index (χ1) is 19.3. The molecule has 2 aromatic carbocycles. The second kappa shape index (κ2) is 12.1. The number of nitrogens with zero attached hydrogens (tertiary/aromatic N) is 1. The molecule has 2 fully saturated rings. The zero-order chi connectivity index (χ0) is 28.4. The van der Waals surface area contributed by atoms with Crippen LogP contribution < -0.4 is 10.4 Å². The predicted molar refractivity (Wildman–Crippen MR) is 153 cm³/mol. The number of fused-ring (bicyclic) bond motifs is 3. The molecule has 2 saturated heterocycles. The van der Waals surface area contributed by atoms with Gasteiger partial charge in [0.05, 0.1) is 36.8 Å². The molecule has 0 unspecified atom stereocenters. The van der Waals surface area contributed by atoms with Gasteiger partial charge in [-0.15, -0.1) is 0 Å².